The molecule has 0 unspecified atom stereocenters. The van der Waals surface area contributed by atoms with E-state index >= 15 is 0 Å². The van der Waals surface area contributed by atoms with E-state index < -0.39 is 0 Å². The minimum absolute atomic E-state index is 0.334. The molecule has 2 aliphatic rings. The van der Waals surface area contributed by atoms with E-state index in [2.05, 4.69) is 26.7 Å². The second-order valence-electron chi connectivity index (χ2n) is 9.35. The van der Waals surface area contributed by atoms with Crippen molar-refractivity contribution in [1.29, 1.82) is 0 Å². The van der Waals surface area contributed by atoms with E-state index in [0.717, 1.165) is 87.0 Å². The Balaban J connectivity index is 0.000000303. The quantitative estimate of drug-likeness (QED) is 0.462. The molecule has 2 saturated heterocycles. The second-order valence-corrected chi connectivity index (χ2v) is 10.2. The number of carbonyl (C=O) groups is 2. The van der Waals surface area contributed by atoms with E-state index in [4.69, 9.17) is 10.5 Å². The topological polar surface area (TPSA) is 92.0 Å². The van der Waals surface area contributed by atoms with Crippen LogP contribution >= 0.6 is 11.8 Å². The maximum atomic E-state index is 12.7. The van der Waals surface area contributed by atoms with Crippen molar-refractivity contribution in [2.24, 2.45) is 5.92 Å². The summed E-state index contributed by atoms with van der Waals surface area (Å²) in [6.07, 6.45) is 8.56. The lowest BCUT2D eigenvalue weighted by Crippen LogP contribution is -2.39. The molecule has 0 bridgehead atoms. The predicted molar refractivity (Wildman–Crippen MR) is 147 cm³/mol. The van der Waals surface area contributed by atoms with Gasteiger partial charge < -0.3 is 25.2 Å². The van der Waals surface area contributed by atoms with Crippen LogP contribution in [0, 0.1) is 5.92 Å². The number of aromatic nitrogens is 1. The highest BCUT2D eigenvalue weighted by atomic mass is 32.2. The number of nitrogens with zero attached hydrogens (tertiary/aromatic N) is 4. The number of benzene rings is 1. The van der Waals surface area contributed by atoms with Crippen molar-refractivity contribution in [3.8, 4) is 5.75 Å². The predicted octanol–water partition coefficient (Wildman–Crippen LogP) is 3.66. The summed E-state index contributed by atoms with van der Waals surface area (Å²) in [7, 11) is 3.73. The SMILES string of the molecule is COc1ccc(C=O)cc1.CSc1cnc(N2CCC(CC(=O)N3CCCN(C)CC3)CC2)c(N)c1. The summed E-state index contributed by atoms with van der Waals surface area (Å²) in [5, 5.41) is 0. The first-order valence-electron chi connectivity index (χ1n) is 12.5. The fourth-order valence-electron chi connectivity index (χ4n) is 4.53. The Morgan fingerprint density at radius 2 is 1.86 bits per heavy atom. The van der Waals surface area contributed by atoms with Crippen molar-refractivity contribution < 1.29 is 14.3 Å². The smallest absolute Gasteiger partial charge is 0.222 e. The van der Waals surface area contributed by atoms with Crippen LogP contribution in [-0.4, -0.2) is 86.7 Å². The number of methoxy groups -OCH3 is 1. The minimum Gasteiger partial charge on any atom is -0.497 e. The van der Waals surface area contributed by atoms with Crippen LogP contribution in [-0.2, 0) is 4.79 Å². The number of amides is 1. The van der Waals surface area contributed by atoms with Crippen molar-refractivity contribution >= 4 is 35.5 Å². The van der Waals surface area contributed by atoms with Gasteiger partial charge in [-0.05, 0) is 75.4 Å². The largest absolute Gasteiger partial charge is 0.497 e. The number of carbonyl (C=O) groups excluding carboxylic acids is 2. The van der Waals surface area contributed by atoms with Crippen molar-refractivity contribution in [1.82, 2.24) is 14.8 Å². The van der Waals surface area contributed by atoms with Crippen LogP contribution in [0.15, 0.2) is 41.4 Å². The number of ether oxygens (including phenoxy) is 1. The van der Waals surface area contributed by atoms with E-state index in [1.807, 2.05) is 18.5 Å². The van der Waals surface area contributed by atoms with Crippen LogP contribution < -0.4 is 15.4 Å². The summed E-state index contributed by atoms with van der Waals surface area (Å²) < 4.78 is 4.90. The van der Waals surface area contributed by atoms with Crippen molar-refractivity contribution in [2.45, 2.75) is 30.6 Å². The number of likely N-dealkylation sites (N-methyl/N-ethyl adjacent to an activating group) is 1. The molecule has 0 saturated carbocycles. The third-order valence-electron chi connectivity index (χ3n) is 6.81. The lowest BCUT2D eigenvalue weighted by molar-refractivity contribution is -0.132. The van der Waals surface area contributed by atoms with Gasteiger partial charge in [-0.2, -0.15) is 0 Å². The Hall–Kier alpha value is -2.78. The van der Waals surface area contributed by atoms with Gasteiger partial charge in [0, 0.05) is 55.8 Å². The van der Waals surface area contributed by atoms with Gasteiger partial charge >= 0.3 is 0 Å². The van der Waals surface area contributed by atoms with E-state index in [1.165, 1.54) is 0 Å². The second kappa shape index (κ2) is 14.1. The molecule has 36 heavy (non-hydrogen) atoms. The van der Waals surface area contributed by atoms with Gasteiger partial charge in [-0.3, -0.25) is 9.59 Å². The molecule has 1 aromatic carbocycles. The number of thioether (sulfide) groups is 1. The first-order valence-corrected chi connectivity index (χ1v) is 13.8. The molecule has 9 heteroatoms. The monoisotopic (exact) mass is 513 g/mol. The highest BCUT2D eigenvalue weighted by Crippen LogP contribution is 2.30. The Bertz CT molecular complexity index is 980. The number of aldehydes is 1. The van der Waals surface area contributed by atoms with Crippen molar-refractivity contribution in [3.05, 3.63) is 42.1 Å². The Labute approximate surface area is 219 Å². The molecule has 0 radical (unpaired) electrons. The van der Waals surface area contributed by atoms with Crippen LogP contribution in [0.5, 0.6) is 5.75 Å². The average molecular weight is 514 g/mol. The number of hydrogen-bond acceptors (Lipinski definition) is 8. The maximum absolute atomic E-state index is 12.7. The Kier molecular flexibility index (Phi) is 10.9. The zero-order valence-electron chi connectivity index (χ0n) is 21.7. The third-order valence-corrected chi connectivity index (χ3v) is 7.50. The molecule has 3 heterocycles. The van der Waals surface area contributed by atoms with Crippen LogP contribution in [0.4, 0.5) is 11.5 Å². The molecule has 0 spiro atoms. The van der Waals surface area contributed by atoms with Gasteiger partial charge in [0.15, 0.2) is 5.82 Å². The van der Waals surface area contributed by atoms with Crippen LogP contribution in [0.25, 0.3) is 0 Å². The summed E-state index contributed by atoms with van der Waals surface area (Å²) in [5.74, 6) is 2.47. The molecule has 2 aliphatic heterocycles. The first kappa shape index (κ1) is 27.8. The van der Waals surface area contributed by atoms with Gasteiger partial charge in [-0.25, -0.2) is 4.98 Å². The zero-order chi connectivity index (χ0) is 25.9. The normalized spacial score (nSPS) is 17.1. The molecule has 196 valence electrons. The fraction of sp³-hybridized carbons (Fsp3) is 0.519. The molecular weight excluding hydrogens is 474 g/mol. The van der Waals surface area contributed by atoms with Gasteiger partial charge in [-0.15, -0.1) is 11.8 Å². The van der Waals surface area contributed by atoms with Crippen LogP contribution in [0.3, 0.4) is 0 Å². The molecule has 2 fully saturated rings. The first-order chi connectivity index (χ1) is 17.4. The maximum Gasteiger partial charge on any atom is 0.222 e. The van der Waals surface area contributed by atoms with Crippen molar-refractivity contribution in [3.63, 3.8) is 0 Å². The molecule has 0 atom stereocenters. The van der Waals surface area contributed by atoms with E-state index in [0.29, 0.717) is 23.8 Å². The summed E-state index contributed by atoms with van der Waals surface area (Å²) in [6.45, 7) is 5.71. The van der Waals surface area contributed by atoms with Crippen LogP contribution in [0.2, 0.25) is 0 Å². The molecule has 2 N–H and O–H groups in total. The minimum atomic E-state index is 0.334. The number of pyridine rings is 1. The molecule has 8 nitrogen and oxygen atoms in total. The number of piperidine rings is 1. The standard InChI is InChI=1S/C19H31N5OS.C8H8O2/c1-22-6-3-7-23(11-10-22)18(25)12-15-4-8-24(9-5-15)19-17(20)13-16(26-2)14-21-19;1-10-8-4-2-7(6-9)3-5-8/h13-15H,3-12,20H2,1-2H3;2-6H,1H3. The summed E-state index contributed by atoms with van der Waals surface area (Å²) >= 11 is 1.65. The highest BCUT2D eigenvalue weighted by Gasteiger charge is 2.26. The van der Waals surface area contributed by atoms with Gasteiger partial charge in [0.1, 0.15) is 12.0 Å². The lowest BCUT2D eigenvalue weighted by Gasteiger charge is -2.34. The molecule has 2 aromatic rings. The van der Waals surface area contributed by atoms with Gasteiger partial charge in [0.2, 0.25) is 5.91 Å². The lowest BCUT2D eigenvalue weighted by atomic mass is 9.93. The average Bonchev–Trinajstić information content (AvgIpc) is 3.14. The van der Waals surface area contributed by atoms with Gasteiger partial charge in [0.05, 0.1) is 12.8 Å². The number of hydrogen-bond donors (Lipinski definition) is 1. The van der Waals surface area contributed by atoms with Gasteiger partial charge in [-0.1, -0.05) is 0 Å². The van der Waals surface area contributed by atoms with Gasteiger partial charge in [0.25, 0.3) is 0 Å². The molecule has 1 amide bonds. The van der Waals surface area contributed by atoms with Crippen LogP contribution in [0.1, 0.15) is 36.0 Å². The Morgan fingerprint density at radius 3 is 2.47 bits per heavy atom. The number of anilines is 2. The number of nitrogen functional groups attached to an aromatic ring is 1. The highest BCUT2D eigenvalue weighted by molar-refractivity contribution is 7.98. The summed E-state index contributed by atoms with van der Waals surface area (Å²) in [5.41, 5.74) is 7.60. The summed E-state index contributed by atoms with van der Waals surface area (Å²) in [6, 6.07) is 8.93. The van der Waals surface area contributed by atoms with E-state index in [-0.39, 0.29) is 0 Å². The number of nitrogens with two attached hydrogens (primary N) is 1. The van der Waals surface area contributed by atoms with Crippen molar-refractivity contribution in [2.75, 3.05) is 70.3 Å². The number of rotatable bonds is 6. The van der Waals surface area contributed by atoms with E-state index in [9.17, 15) is 9.59 Å². The third kappa shape index (κ3) is 8.13. The molecular formula is C27H39N5O3S. The molecule has 4 rings (SSSR count). The molecule has 0 aliphatic carbocycles. The molecule has 1 aromatic heterocycles. The zero-order valence-corrected chi connectivity index (χ0v) is 22.5. The summed E-state index contributed by atoms with van der Waals surface area (Å²) in [4.78, 5) is 35.1. The van der Waals surface area contributed by atoms with E-state index in [1.54, 1.807) is 43.1 Å². The fourth-order valence-corrected chi connectivity index (χ4v) is 4.94. The Morgan fingerprint density at radius 1 is 1.14 bits per heavy atom.